The highest BCUT2D eigenvalue weighted by Gasteiger charge is 2.23. The Balaban J connectivity index is 1.78. The Labute approximate surface area is 122 Å². The fourth-order valence-electron chi connectivity index (χ4n) is 2.89. The molecule has 2 heterocycles. The van der Waals surface area contributed by atoms with E-state index in [1.807, 2.05) is 13.8 Å². The van der Waals surface area contributed by atoms with Crippen molar-refractivity contribution in [3.63, 3.8) is 0 Å². The molecule has 1 aromatic carbocycles. The van der Waals surface area contributed by atoms with E-state index in [9.17, 15) is 8.78 Å². The molecule has 112 valence electrons. The predicted molar refractivity (Wildman–Crippen MR) is 74.7 cm³/mol. The number of nitrogens with zero attached hydrogens (tertiary/aromatic N) is 3. The van der Waals surface area contributed by atoms with Gasteiger partial charge in [-0.05, 0) is 26.3 Å². The van der Waals surface area contributed by atoms with Gasteiger partial charge in [-0.15, -0.1) is 10.2 Å². The van der Waals surface area contributed by atoms with Crippen LogP contribution in [-0.4, -0.2) is 14.8 Å². The third-order valence-electron chi connectivity index (χ3n) is 3.97. The van der Waals surface area contributed by atoms with Crippen LogP contribution in [0.2, 0.25) is 0 Å². The second-order valence-electron chi connectivity index (χ2n) is 5.48. The second-order valence-corrected chi connectivity index (χ2v) is 5.48. The van der Waals surface area contributed by atoms with Gasteiger partial charge in [0.15, 0.2) is 11.6 Å². The molecule has 1 aliphatic heterocycles. The van der Waals surface area contributed by atoms with Crippen molar-refractivity contribution in [3.8, 4) is 0 Å². The lowest BCUT2D eigenvalue weighted by atomic mass is 10.1. The number of hydrogen-bond acceptors (Lipinski definition) is 3. The van der Waals surface area contributed by atoms with E-state index < -0.39 is 11.6 Å². The smallest absolute Gasteiger partial charge is 0.163 e. The zero-order valence-corrected chi connectivity index (χ0v) is 12.1. The van der Waals surface area contributed by atoms with Gasteiger partial charge < -0.3 is 9.88 Å². The minimum atomic E-state index is -0.822. The van der Waals surface area contributed by atoms with Crippen LogP contribution in [0.4, 0.5) is 8.78 Å². The van der Waals surface area contributed by atoms with Gasteiger partial charge in [0.05, 0.1) is 6.04 Å². The number of fused-ring (bicyclic) bond motifs is 1. The van der Waals surface area contributed by atoms with Crippen LogP contribution in [0.15, 0.2) is 18.2 Å². The maximum atomic E-state index is 13.8. The molecule has 1 aliphatic rings. The number of hydrogen-bond donors (Lipinski definition) is 1. The zero-order valence-electron chi connectivity index (χ0n) is 12.1. The number of aromatic nitrogens is 3. The Hall–Kier alpha value is -1.82. The molecule has 0 fully saturated rings. The molecule has 0 spiro atoms. The first-order valence-corrected chi connectivity index (χ1v) is 7.20. The number of rotatable bonds is 4. The van der Waals surface area contributed by atoms with E-state index in [2.05, 4.69) is 20.1 Å². The quantitative estimate of drug-likeness (QED) is 0.942. The molecule has 21 heavy (non-hydrogen) atoms. The van der Waals surface area contributed by atoms with Gasteiger partial charge in [-0.2, -0.15) is 0 Å². The first kappa shape index (κ1) is 14.1. The molecule has 2 unspecified atom stereocenters. The van der Waals surface area contributed by atoms with E-state index in [1.54, 1.807) is 6.07 Å². The number of halogens is 2. The number of benzene rings is 1. The Morgan fingerprint density at radius 1 is 1.19 bits per heavy atom. The molecule has 0 aliphatic carbocycles. The van der Waals surface area contributed by atoms with Gasteiger partial charge in [-0.1, -0.05) is 12.1 Å². The van der Waals surface area contributed by atoms with Crippen LogP contribution in [0.5, 0.6) is 0 Å². The van der Waals surface area contributed by atoms with Gasteiger partial charge >= 0.3 is 0 Å². The molecule has 6 heteroatoms. The van der Waals surface area contributed by atoms with Crippen molar-refractivity contribution in [2.75, 3.05) is 0 Å². The summed E-state index contributed by atoms with van der Waals surface area (Å²) in [4.78, 5) is 0. The third-order valence-corrected chi connectivity index (χ3v) is 3.97. The maximum Gasteiger partial charge on any atom is 0.163 e. The normalized spacial score (nSPS) is 16.8. The first-order chi connectivity index (χ1) is 10.1. The molecular weight excluding hydrogens is 274 g/mol. The van der Waals surface area contributed by atoms with E-state index in [1.165, 1.54) is 6.07 Å². The SMILES string of the molecule is CC(NC(C)c1nnc2n1CCC2)c1cccc(F)c1F. The van der Waals surface area contributed by atoms with Crippen molar-refractivity contribution < 1.29 is 8.78 Å². The largest absolute Gasteiger partial charge is 0.314 e. The van der Waals surface area contributed by atoms with Gasteiger partial charge in [0.1, 0.15) is 11.6 Å². The summed E-state index contributed by atoms with van der Waals surface area (Å²) in [5.41, 5.74) is 0.322. The Kier molecular flexibility index (Phi) is 3.71. The Morgan fingerprint density at radius 2 is 2.00 bits per heavy atom. The molecule has 0 saturated carbocycles. The lowest BCUT2D eigenvalue weighted by Crippen LogP contribution is -2.26. The molecule has 2 atom stereocenters. The average molecular weight is 292 g/mol. The highest BCUT2D eigenvalue weighted by Crippen LogP contribution is 2.24. The van der Waals surface area contributed by atoms with Gasteiger partial charge in [-0.25, -0.2) is 8.78 Å². The van der Waals surface area contributed by atoms with Crippen LogP contribution >= 0.6 is 0 Å². The van der Waals surface area contributed by atoms with Crippen molar-refractivity contribution in [2.24, 2.45) is 0 Å². The monoisotopic (exact) mass is 292 g/mol. The summed E-state index contributed by atoms with van der Waals surface area (Å²) < 4.78 is 29.2. The topological polar surface area (TPSA) is 42.7 Å². The van der Waals surface area contributed by atoms with E-state index in [4.69, 9.17) is 0 Å². The lowest BCUT2D eigenvalue weighted by molar-refractivity contribution is 0.432. The van der Waals surface area contributed by atoms with E-state index in [0.29, 0.717) is 5.56 Å². The van der Waals surface area contributed by atoms with Crippen LogP contribution in [0.25, 0.3) is 0 Å². The van der Waals surface area contributed by atoms with Crippen molar-refractivity contribution >= 4 is 0 Å². The minimum absolute atomic E-state index is 0.0815. The summed E-state index contributed by atoms with van der Waals surface area (Å²) in [5.74, 6) is 0.239. The maximum absolute atomic E-state index is 13.8. The summed E-state index contributed by atoms with van der Waals surface area (Å²) in [6.45, 7) is 4.70. The van der Waals surface area contributed by atoms with Crippen LogP contribution in [0.1, 0.15) is 49.6 Å². The van der Waals surface area contributed by atoms with Gasteiger partial charge in [0, 0.05) is 24.6 Å². The van der Waals surface area contributed by atoms with Crippen LogP contribution in [0, 0.1) is 11.6 Å². The molecule has 4 nitrogen and oxygen atoms in total. The van der Waals surface area contributed by atoms with Crippen molar-refractivity contribution in [3.05, 3.63) is 47.0 Å². The summed E-state index contributed by atoms with van der Waals surface area (Å²) >= 11 is 0. The average Bonchev–Trinajstić information content (AvgIpc) is 3.03. The second kappa shape index (κ2) is 5.52. The fraction of sp³-hybridized carbons (Fsp3) is 0.467. The molecule has 1 N–H and O–H groups in total. The molecule has 0 saturated heterocycles. The summed E-state index contributed by atoms with van der Waals surface area (Å²) in [6.07, 6.45) is 2.03. The standard InChI is InChI=1S/C15H18F2N4/c1-9(11-5-3-6-12(16)14(11)17)18-10(2)15-20-19-13-7-4-8-21(13)15/h3,5-6,9-10,18H,4,7-8H2,1-2H3. The molecule has 0 amide bonds. The molecule has 2 aromatic rings. The first-order valence-electron chi connectivity index (χ1n) is 7.20. The van der Waals surface area contributed by atoms with Gasteiger partial charge in [0.25, 0.3) is 0 Å². The van der Waals surface area contributed by atoms with Crippen molar-refractivity contribution in [2.45, 2.75) is 45.3 Å². The Morgan fingerprint density at radius 3 is 2.81 bits per heavy atom. The number of nitrogens with one attached hydrogen (secondary N) is 1. The summed E-state index contributed by atoms with van der Waals surface area (Å²) in [6, 6.07) is 3.84. The van der Waals surface area contributed by atoms with Crippen LogP contribution < -0.4 is 5.32 Å². The zero-order chi connectivity index (χ0) is 15.0. The fourth-order valence-corrected chi connectivity index (χ4v) is 2.89. The Bertz CT molecular complexity index is 653. The van der Waals surface area contributed by atoms with Crippen molar-refractivity contribution in [1.82, 2.24) is 20.1 Å². The predicted octanol–water partition coefficient (Wildman–Crippen LogP) is 2.91. The summed E-state index contributed by atoms with van der Waals surface area (Å²) in [5, 5.41) is 11.6. The third kappa shape index (κ3) is 2.55. The van der Waals surface area contributed by atoms with Crippen LogP contribution in [-0.2, 0) is 13.0 Å². The van der Waals surface area contributed by atoms with Gasteiger partial charge in [-0.3, -0.25) is 0 Å². The van der Waals surface area contributed by atoms with E-state index in [0.717, 1.165) is 37.1 Å². The molecule has 1 aromatic heterocycles. The molecule has 0 bridgehead atoms. The van der Waals surface area contributed by atoms with Gasteiger partial charge in [0.2, 0.25) is 0 Å². The van der Waals surface area contributed by atoms with Crippen LogP contribution in [0.3, 0.4) is 0 Å². The van der Waals surface area contributed by atoms with Crippen molar-refractivity contribution in [1.29, 1.82) is 0 Å². The van der Waals surface area contributed by atoms with E-state index >= 15 is 0 Å². The molecule has 3 rings (SSSR count). The van der Waals surface area contributed by atoms with E-state index in [-0.39, 0.29) is 12.1 Å². The molecule has 0 radical (unpaired) electrons. The highest BCUT2D eigenvalue weighted by atomic mass is 19.2. The molecular formula is C15H18F2N4. The highest BCUT2D eigenvalue weighted by molar-refractivity contribution is 5.22. The number of aryl methyl sites for hydroxylation is 1. The minimum Gasteiger partial charge on any atom is -0.314 e. The summed E-state index contributed by atoms with van der Waals surface area (Å²) in [7, 11) is 0. The lowest BCUT2D eigenvalue weighted by Gasteiger charge is -2.20.